The van der Waals surface area contributed by atoms with Gasteiger partial charge in [-0.1, -0.05) is 18.2 Å². The zero-order valence-corrected chi connectivity index (χ0v) is 10.1. The number of H-pyrrole nitrogens is 1. The van der Waals surface area contributed by atoms with E-state index in [2.05, 4.69) is 20.2 Å². The molecular formula is C13H9N5O. The number of nitrogens with zero attached hydrogens (tertiary/aromatic N) is 4. The van der Waals surface area contributed by atoms with Crippen molar-refractivity contribution in [3.63, 3.8) is 0 Å². The maximum Gasteiger partial charge on any atom is 0.274 e. The Balaban J connectivity index is 2.35. The van der Waals surface area contributed by atoms with Crippen molar-refractivity contribution in [1.82, 2.24) is 24.6 Å². The monoisotopic (exact) mass is 251 g/mol. The molecule has 3 aromatic heterocycles. The van der Waals surface area contributed by atoms with Gasteiger partial charge in [-0.25, -0.2) is 0 Å². The van der Waals surface area contributed by atoms with Gasteiger partial charge < -0.3 is 4.98 Å². The Kier molecular flexibility index (Phi) is 1.81. The molecule has 3 heterocycles. The number of fused-ring (bicyclic) bond motifs is 5. The van der Waals surface area contributed by atoms with Crippen molar-refractivity contribution in [2.75, 3.05) is 0 Å². The first-order valence-electron chi connectivity index (χ1n) is 5.87. The fourth-order valence-electron chi connectivity index (χ4n) is 2.40. The first kappa shape index (κ1) is 10.2. The normalized spacial score (nSPS) is 11.6. The van der Waals surface area contributed by atoms with E-state index in [4.69, 9.17) is 0 Å². The van der Waals surface area contributed by atoms with Crippen LogP contribution in [-0.2, 0) is 0 Å². The summed E-state index contributed by atoms with van der Waals surface area (Å²) >= 11 is 0. The van der Waals surface area contributed by atoms with Crippen molar-refractivity contribution in [3.8, 4) is 0 Å². The summed E-state index contributed by atoms with van der Waals surface area (Å²) in [7, 11) is 0. The topological polar surface area (TPSA) is 75.9 Å². The number of para-hydroxylation sites is 1. The molecule has 92 valence electrons. The molecule has 0 bridgehead atoms. The Morgan fingerprint density at radius 1 is 1.21 bits per heavy atom. The highest BCUT2D eigenvalue weighted by molar-refractivity contribution is 6.03. The first-order valence-corrected chi connectivity index (χ1v) is 5.87. The third-order valence-electron chi connectivity index (χ3n) is 3.22. The third-order valence-corrected chi connectivity index (χ3v) is 3.22. The van der Waals surface area contributed by atoms with E-state index in [1.165, 1.54) is 6.07 Å². The molecule has 0 atom stereocenters. The van der Waals surface area contributed by atoms with Gasteiger partial charge in [-0.15, -0.1) is 10.2 Å². The number of hydrogen-bond acceptors (Lipinski definition) is 4. The molecule has 6 heteroatoms. The Labute approximate surface area is 106 Å². The lowest BCUT2D eigenvalue weighted by molar-refractivity contribution is 0.940. The quantitative estimate of drug-likeness (QED) is 0.513. The number of aryl methyl sites for hydroxylation is 1. The number of aromatic nitrogens is 5. The molecule has 1 N–H and O–H groups in total. The molecule has 0 aliphatic carbocycles. The Bertz CT molecular complexity index is 998. The predicted octanol–water partition coefficient (Wildman–Crippen LogP) is 1.43. The van der Waals surface area contributed by atoms with E-state index in [1.54, 1.807) is 0 Å². The Morgan fingerprint density at radius 2 is 2.05 bits per heavy atom. The molecule has 0 saturated heterocycles. The maximum absolute atomic E-state index is 11.4. The SMILES string of the molecule is Cc1cc(=O)nc2nnc3c4ccccc4[nH]c3n12. The van der Waals surface area contributed by atoms with Crippen molar-refractivity contribution < 1.29 is 0 Å². The van der Waals surface area contributed by atoms with Crippen LogP contribution < -0.4 is 5.56 Å². The lowest BCUT2D eigenvalue weighted by Crippen LogP contribution is -2.12. The molecule has 0 radical (unpaired) electrons. The number of aromatic amines is 1. The summed E-state index contributed by atoms with van der Waals surface area (Å²) in [5, 5.41) is 9.22. The zero-order chi connectivity index (χ0) is 13.0. The van der Waals surface area contributed by atoms with Gasteiger partial charge in [0.15, 0.2) is 0 Å². The van der Waals surface area contributed by atoms with Gasteiger partial charge in [0.05, 0.1) is 0 Å². The number of rotatable bonds is 0. The minimum atomic E-state index is -0.303. The summed E-state index contributed by atoms with van der Waals surface area (Å²) in [6.45, 7) is 1.85. The number of hydrogen-bond donors (Lipinski definition) is 1. The summed E-state index contributed by atoms with van der Waals surface area (Å²) in [6.07, 6.45) is 0. The second-order valence-electron chi connectivity index (χ2n) is 4.44. The van der Waals surface area contributed by atoms with Crippen LogP contribution in [0, 0.1) is 6.92 Å². The van der Waals surface area contributed by atoms with Crippen LogP contribution in [0.3, 0.4) is 0 Å². The molecule has 0 spiro atoms. The zero-order valence-electron chi connectivity index (χ0n) is 10.1. The van der Waals surface area contributed by atoms with Crippen LogP contribution in [0.15, 0.2) is 35.1 Å². The fourth-order valence-corrected chi connectivity index (χ4v) is 2.40. The van der Waals surface area contributed by atoms with Gasteiger partial charge in [-0.3, -0.25) is 9.20 Å². The summed E-state index contributed by atoms with van der Waals surface area (Å²) < 4.78 is 1.81. The van der Waals surface area contributed by atoms with E-state index >= 15 is 0 Å². The maximum atomic E-state index is 11.4. The number of benzene rings is 1. The molecule has 0 amide bonds. The molecule has 1 aromatic carbocycles. The van der Waals surface area contributed by atoms with Gasteiger partial charge in [0, 0.05) is 22.7 Å². The largest absolute Gasteiger partial charge is 0.339 e. The van der Waals surface area contributed by atoms with E-state index in [9.17, 15) is 4.79 Å². The fraction of sp³-hybridized carbons (Fsp3) is 0.0769. The van der Waals surface area contributed by atoms with Gasteiger partial charge in [-0.05, 0) is 13.0 Å². The van der Waals surface area contributed by atoms with Crippen molar-refractivity contribution in [2.24, 2.45) is 0 Å². The van der Waals surface area contributed by atoms with Crippen LogP contribution in [-0.4, -0.2) is 24.6 Å². The molecule has 0 fully saturated rings. The van der Waals surface area contributed by atoms with Crippen molar-refractivity contribution in [3.05, 3.63) is 46.4 Å². The van der Waals surface area contributed by atoms with E-state index in [-0.39, 0.29) is 5.56 Å². The Hall–Kier alpha value is -2.76. The van der Waals surface area contributed by atoms with Crippen molar-refractivity contribution in [1.29, 1.82) is 0 Å². The standard InChI is InChI=1S/C13H9N5O/c1-7-6-10(19)15-13-17-16-11-8-4-2-3-5-9(8)14-12(11)18(7)13/h2-6,14H,1H3. The molecule has 6 nitrogen and oxygen atoms in total. The molecule has 4 rings (SSSR count). The first-order chi connectivity index (χ1) is 9.24. The Morgan fingerprint density at radius 3 is 2.95 bits per heavy atom. The molecule has 4 aromatic rings. The smallest absolute Gasteiger partial charge is 0.274 e. The van der Waals surface area contributed by atoms with Gasteiger partial charge >= 0.3 is 0 Å². The summed E-state index contributed by atoms with van der Waals surface area (Å²) in [6, 6.07) is 9.37. The van der Waals surface area contributed by atoms with Gasteiger partial charge in [0.25, 0.3) is 11.3 Å². The minimum Gasteiger partial charge on any atom is -0.339 e. The second kappa shape index (κ2) is 3.38. The summed E-state index contributed by atoms with van der Waals surface area (Å²) in [4.78, 5) is 18.6. The van der Waals surface area contributed by atoms with E-state index in [0.29, 0.717) is 5.78 Å². The lowest BCUT2D eigenvalue weighted by Gasteiger charge is -2.03. The average molecular weight is 251 g/mol. The molecular weight excluding hydrogens is 242 g/mol. The lowest BCUT2D eigenvalue weighted by atomic mass is 10.2. The van der Waals surface area contributed by atoms with Crippen LogP contribution in [0.5, 0.6) is 0 Å². The predicted molar refractivity (Wildman–Crippen MR) is 71.2 cm³/mol. The van der Waals surface area contributed by atoms with E-state index < -0.39 is 0 Å². The van der Waals surface area contributed by atoms with Crippen molar-refractivity contribution in [2.45, 2.75) is 6.92 Å². The highest BCUT2D eigenvalue weighted by Crippen LogP contribution is 2.23. The summed E-state index contributed by atoms with van der Waals surface area (Å²) in [5.74, 6) is 0.309. The van der Waals surface area contributed by atoms with Crippen LogP contribution in [0.2, 0.25) is 0 Å². The van der Waals surface area contributed by atoms with Crippen LogP contribution in [0.1, 0.15) is 5.69 Å². The van der Waals surface area contributed by atoms with Crippen LogP contribution in [0.25, 0.3) is 27.8 Å². The molecule has 0 unspecified atom stereocenters. The highest BCUT2D eigenvalue weighted by atomic mass is 16.1. The number of nitrogens with one attached hydrogen (secondary N) is 1. The third kappa shape index (κ3) is 1.31. The van der Waals surface area contributed by atoms with Crippen LogP contribution >= 0.6 is 0 Å². The van der Waals surface area contributed by atoms with Gasteiger partial charge in [-0.2, -0.15) is 4.98 Å². The summed E-state index contributed by atoms with van der Waals surface area (Å²) in [5.41, 5.74) is 3.04. The van der Waals surface area contributed by atoms with Gasteiger partial charge in [0.2, 0.25) is 0 Å². The van der Waals surface area contributed by atoms with E-state index in [1.807, 2.05) is 35.6 Å². The highest BCUT2D eigenvalue weighted by Gasteiger charge is 2.11. The average Bonchev–Trinajstić information content (AvgIpc) is 2.76. The van der Waals surface area contributed by atoms with Crippen LogP contribution in [0.4, 0.5) is 0 Å². The van der Waals surface area contributed by atoms with E-state index in [0.717, 1.165) is 27.8 Å². The molecule has 19 heavy (non-hydrogen) atoms. The van der Waals surface area contributed by atoms with Gasteiger partial charge in [0.1, 0.15) is 11.2 Å². The minimum absolute atomic E-state index is 0.303. The molecule has 0 saturated carbocycles. The molecule has 0 aliphatic rings. The second-order valence-corrected chi connectivity index (χ2v) is 4.44. The molecule has 0 aliphatic heterocycles. The van der Waals surface area contributed by atoms with Crippen molar-refractivity contribution >= 4 is 27.8 Å².